The van der Waals surface area contributed by atoms with Crippen molar-refractivity contribution in [2.75, 3.05) is 13.1 Å². The van der Waals surface area contributed by atoms with E-state index >= 15 is 0 Å². The van der Waals surface area contributed by atoms with E-state index in [1.807, 2.05) is 65.6 Å². The summed E-state index contributed by atoms with van der Waals surface area (Å²) in [6.45, 7) is 1.62. The largest absolute Gasteiger partial charge is 0.334 e. The van der Waals surface area contributed by atoms with Gasteiger partial charge < -0.3 is 4.90 Å². The van der Waals surface area contributed by atoms with Crippen LogP contribution in [0.1, 0.15) is 24.0 Å². The molecule has 3 aromatic carbocycles. The summed E-state index contributed by atoms with van der Waals surface area (Å²) in [6.07, 6.45) is 1.35. The van der Waals surface area contributed by atoms with Crippen LogP contribution in [0.2, 0.25) is 0 Å². The molecule has 0 N–H and O–H groups in total. The van der Waals surface area contributed by atoms with Gasteiger partial charge in [0.1, 0.15) is 0 Å². The number of piperidine rings is 1. The fourth-order valence-corrected chi connectivity index (χ4v) is 5.98. The van der Waals surface area contributed by atoms with Crippen molar-refractivity contribution in [1.82, 2.24) is 9.21 Å². The molecule has 4 rings (SSSR count). The Morgan fingerprint density at radius 2 is 1.42 bits per heavy atom. The van der Waals surface area contributed by atoms with Crippen LogP contribution >= 0.6 is 15.9 Å². The van der Waals surface area contributed by atoms with Crippen molar-refractivity contribution in [3.63, 3.8) is 0 Å². The number of sulfonamides is 1. The molecule has 1 amide bonds. The van der Waals surface area contributed by atoms with E-state index in [0.717, 1.165) is 15.6 Å². The number of carbonyl (C=O) groups is 1. The molecular weight excluding hydrogens is 500 g/mol. The van der Waals surface area contributed by atoms with E-state index in [-0.39, 0.29) is 23.3 Å². The number of amides is 1. The summed E-state index contributed by atoms with van der Waals surface area (Å²) < 4.78 is 28.7. The van der Waals surface area contributed by atoms with Gasteiger partial charge >= 0.3 is 0 Å². The molecule has 0 bridgehead atoms. The van der Waals surface area contributed by atoms with Crippen LogP contribution in [0.25, 0.3) is 0 Å². The lowest BCUT2D eigenvalue weighted by Crippen LogP contribution is -2.46. The maximum absolute atomic E-state index is 13.7. The number of halogens is 1. The summed E-state index contributed by atoms with van der Waals surface area (Å²) in [6, 6.07) is 26.5. The highest BCUT2D eigenvalue weighted by atomic mass is 79.9. The predicted molar refractivity (Wildman–Crippen MR) is 133 cm³/mol. The number of nitrogens with zero attached hydrogens (tertiary/aromatic N) is 2. The van der Waals surface area contributed by atoms with Crippen LogP contribution < -0.4 is 0 Å². The predicted octanol–water partition coefficient (Wildman–Crippen LogP) is 5.08. The second-order valence-corrected chi connectivity index (χ2v) is 11.2. The molecule has 1 aliphatic heterocycles. The van der Waals surface area contributed by atoms with Crippen molar-refractivity contribution >= 4 is 31.9 Å². The SMILES string of the molecule is O=C([C@@H]1CCCN(S(=O)(=O)c2ccc(Br)cc2)C1)N(Cc1ccccc1)Cc1ccccc1. The van der Waals surface area contributed by atoms with Crippen LogP contribution in [-0.2, 0) is 27.9 Å². The Balaban J connectivity index is 1.54. The monoisotopic (exact) mass is 526 g/mol. The van der Waals surface area contributed by atoms with Crippen molar-refractivity contribution in [2.24, 2.45) is 5.92 Å². The minimum Gasteiger partial charge on any atom is -0.334 e. The van der Waals surface area contributed by atoms with Gasteiger partial charge in [-0.1, -0.05) is 76.6 Å². The minimum absolute atomic E-state index is 0.00147. The first-order valence-corrected chi connectivity index (χ1v) is 13.3. The van der Waals surface area contributed by atoms with Crippen LogP contribution in [-0.4, -0.2) is 36.6 Å². The molecule has 0 aromatic heterocycles. The molecule has 7 heteroatoms. The maximum atomic E-state index is 13.7. The average molecular weight is 527 g/mol. The zero-order chi connectivity index (χ0) is 23.3. The normalized spacial score (nSPS) is 16.9. The van der Waals surface area contributed by atoms with Gasteiger partial charge in [-0.15, -0.1) is 0 Å². The van der Waals surface area contributed by atoms with Gasteiger partial charge in [-0.3, -0.25) is 4.79 Å². The number of benzene rings is 3. The summed E-state index contributed by atoms with van der Waals surface area (Å²) in [5.74, 6) is -0.366. The van der Waals surface area contributed by atoms with E-state index in [4.69, 9.17) is 0 Å². The third-order valence-corrected chi connectivity index (χ3v) is 8.34. The van der Waals surface area contributed by atoms with Gasteiger partial charge in [-0.2, -0.15) is 4.31 Å². The van der Waals surface area contributed by atoms with Crippen LogP contribution in [0.15, 0.2) is 94.3 Å². The number of hydrogen-bond acceptors (Lipinski definition) is 3. The fraction of sp³-hybridized carbons (Fsp3) is 0.269. The molecule has 1 atom stereocenters. The molecule has 172 valence electrons. The van der Waals surface area contributed by atoms with Gasteiger partial charge in [-0.05, 0) is 48.2 Å². The van der Waals surface area contributed by atoms with E-state index in [1.165, 1.54) is 4.31 Å². The standard InChI is InChI=1S/C26H27BrN2O3S/c27-24-13-15-25(16-14-24)33(31,32)29-17-7-12-23(20-29)26(30)28(18-21-8-3-1-4-9-21)19-22-10-5-2-6-11-22/h1-6,8-11,13-16,23H,7,12,17-20H2/t23-/m1/s1. The van der Waals surface area contributed by atoms with E-state index in [0.29, 0.717) is 32.5 Å². The van der Waals surface area contributed by atoms with Gasteiger partial charge in [0.25, 0.3) is 0 Å². The summed E-state index contributed by atoms with van der Waals surface area (Å²) >= 11 is 3.35. The second kappa shape index (κ2) is 10.6. The molecule has 1 saturated heterocycles. The van der Waals surface area contributed by atoms with Crippen molar-refractivity contribution < 1.29 is 13.2 Å². The molecule has 0 aliphatic carbocycles. The molecule has 0 radical (unpaired) electrons. The highest BCUT2D eigenvalue weighted by molar-refractivity contribution is 9.10. The van der Waals surface area contributed by atoms with Crippen molar-refractivity contribution in [1.29, 1.82) is 0 Å². The van der Waals surface area contributed by atoms with Crippen LogP contribution in [0.4, 0.5) is 0 Å². The number of carbonyl (C=O) groups excluding carboxylic acids is 1. The summed E-state index contributed by atoms with van der Waals surface area (Å²) in [7, 11) is -3.65. The van der Waals surface area contributed by atoms with Crippen LogP contribution in [0, 0.1) is 5.92 Å². The third-order valence-electron chi connectivity index (χ3n) is 5.93. The van der Waals surface area contributed by atoms with E-state index in [2.05, 4.69) is 15.9 Å². The maximum Gasteiger partial charge on any atom is 0.243 e. The zero-order valence-corrected chi connectivity index (χ0v) is 20.7. The quantitative estimate of drug-likeness (QED) is 0.431. The minimum atomic E-state index is -3.65. The van der Waals surface area contributed by atoms with E-state index in [1.54, 1.807) is 24.3 Å². The number of hydrogen-bond donors (Lipinski definition) is 0. The molecular formula is C26H27BrN2O3S. The second-order valence-electron chi connectivity index (χ2n) is 8.32. The molecule has 0 saturated carbocycles. The lowest BCUT2D eigenvalue weighted by Gasteiger charge is -2.34. The van der Waals surface area contributed by atoms with Crippen LogP contribution in [0.3, 0.4) is 0 Å². The van der Waals surface area contributed by atoms with Crippen molar-refractivity contribution in [3.05, 3.63) is 101 Å². The highest BCUT2D eigenvalue weighted by Crippen LogP contribution is 2.27. The molecule has 0 spiro atoms. The molecule has 3 aromatic rings. The summed E-state index contributed by atoms with van der Waals surface area (Å²) in [5, 5.41) is 0. The Labute approximate surface area is 204 Å². The van der Waals surface area contributed by atoms with Crippen molar-refractivity contribution in [3.8, 4) is 0 Å². The van der Waals surface area contributed by atoms with Gasteiger partial charge in [0.15, 0.2) is 0 Å². The third kappa shape index (κ3) is 5.91. The molecule has 33 heavy (non-hydrogen) atoms. The first kappa shape index (κ1) is 23.7. The van der Waals surface area contributed by atoms with Gasteiger partial charge in [0.05, 0.1) is 10.8 Å². The summed E-state index contributed by atoms with van der Waals surface area (Å²) in [4.78, 5) is 15.8. The Hall–Kier alpha value is -2.48. The van der Waals surface area contributed by atoms with Gasteiger partial charge in [0.2, 0.25) is 15.9 Å². The Bertz CT molecular complexity index is 1130. The first-order chi connectivity index (χ1) is 15.9. The molecule has 0 unspecified atom stereocenters. The fourth-order valence-electron chi connectivity index (χ4n) is 4.20. The first-order valence-electron chi connectivity index (χ1n) is 11.1. The topological polar surface area (TPSA) is 57.7 Å². The van der Waals surface area contributed by atoms with Crippen molar-refractivity contribution in [2.45, 2.75) is 30.8 Å². The Morgan fingerprint density at radius 3 is 1.97 bits per heavy atom. The Kier molecular flexibility index (Phi) is 7.63. The molecule has 1 heterocycles. The van der Waals surface area contributed by atoms with E-state index in [9.17, 15) is 13.2 Å². The Morgan fingerprint density at radius 1 is 0.879 bits per heavy atom. The zero-order valence-electron chi connectivity index (χ0n) is 18.3. The molecule has 1 fully saturated rings. The number of rotatable bonds is 7. The summed E-state index contributed by atoms with van der Waals surface area (Å²) in [5.41, 5.74) is 2.11. The lowest BCUT2D eigenvalue weighted by atomic mass is 9.97. The highest BCUT2D eigenvalue weighted by Gasteiger charge is 2.35. The van der Waals surface area contributed by atoms with Crippen LogP contribution in [0.5, 0.6) is 0 Å². The van der Waals surface area contributed by atoms with E-state index < -0.39 is 10.0 Å². The van der Waals surface area contributed by atoms with Gasteiger partial charge in [0, 0.05) is 30.7 Å². The molecule has 5 nitrogen and oxygen atoms in total. The molecule has 1 aliphatic rings. The average Bonchev–Trinajstić information content (AvgIpc) is 2.85. The lowest BCUT2D eigenvalue weighted by molar-refractivity contribution is -0.138. The smallest absolute Gasteiger partial charge is 0.243 e. The van der Waals surface area contributed by atoms with Gasteiger partial charge in [-0.25, -0.2) is 8.42 Å².